The number of carbonyl (C=O) groups is 1. The number of rotatable bonds is 8. The molecule has 0 saturated carbocycles. The first kappa shape index (κ1) is 19.1. The second-order valence-corrected chi connectivity index (χ2v) is 6.42. The third-order valence-electron chi connectivity index (χ3n) is 2.96. The van der Waals surface area contributed by atoms with Crippen molar-refractivity contribution in [1.29, 1.82) is 0 Å². The molecule has 7 heteroatoms. The molecule has 0 aliphatic carbocycles. The lowest BCUT2D eigenvalue weighted by Gasteiger charge is -2.06. The highest BCUT2D eigenvalue weighted by atomic mass is 35.5. The molecule has 0 aliphatic rings. The summed E-state index contributed by atoms with van der Waals surface area (Å²) in [6, 6.07) is 15.2. The van der Waals surface area contributed by atoms with E-state index in [9.17, 15) is 4.79 Å². The highest BCUT2D eigenvalue weighted by molar-refractivity contribution is 7.99. The molecule has 5 nitrogen and oxygen atoms in total. The third kappa shape index (κ3) is 7.49. The Balaban J connectivity index is 1.70. The first-order valence-corrected chi connectivity index (χ1v) is 9.11. The Bertz CT molecular complexity index is 690. The van der Waals surface area contributed by atoms with Crippen molar-refractivity contribution >= 4 is 35.7 Å². The fraction of sp³-hybridized carbons (Fsp3) is 0.222. The molecule has 1 N–H and O–H groups in total. The topological polar surface area (TPSA) is 59.9 Å². The Hall–Kier alpha value is -2.18. The van der Waals surface area contributed by atoms with Crippen LogP contribution in [0, 0.1) is 0 Å². The molecule has 2 aromatic rings. The maximum absolute atomic E-state index is 11.1. The SMILES string of the molecule is CCOC(=O)NN=Cc1ccc(OCCSc2ccc(Cl)cc2)cc1. The molecule has 0 heterocycles. The molecule has 132 valence electrons. The number of ether oxygens (including phenoxy) is 2. The van der Waals surface area contributed by atoms with E-state index in [1.165, 1.54) is 6.21 Å². The van der Waals surface area contributed by atoms with Crippen LogP contribution in [0.5, 0.6) is 5.75 Å². The lowest BCUT2D eigenvalue weighted by molar-refractivity contribution is 0.152. The van der Waals surface area contributed by atoms with Crippen molar-refractivity contribution in [3.63, 3.8) is 0 Å². The van der Waals surface area contributed by atoms with Crippen LogP contribution in [-0.2, 0) is 4.74 Å². The summed E-state index contributed by atoms with van der Waals surface area (Å²) in [6.45, 7) is 2.64. The number of hydrazone groups is 1. The van der Waals surface area contributed by atoms with Crippen molar-refractivity contribution in [3.05, 3.63) is 59.1 Å². The summed E-state index contributed by atoms with van der Waals surface area (Å²) in [4.78, 5) is 12.2. The van der Waals surface area contributed by atoms with E-state index in [0.29, 0.717) is 13.2 Å². The van der Waals surface area contributed by atoms with Gasteiger partial charge in [-0.2, -0.15) is 5.10 Å². The van der Waals surface area contributed by atoms with E-state index >= 15 is 0 Å². The number of nitrogens with zero attached hydrogens (tertiary/aromatic N) is 1. The lowest BCUT2D eigenvalue weighted by atomic mass is 10.2. The van der Waals surface area contributed by atoms with E-state index in [0.717, 1.165) is 27.0 Å². The minimum Gasteiger partial charge on any atom is -0.493 e. The maximum Gasteiger partial charge on any atom is 0.427 e. The van der Waals surface area contributed by atoms with E-state index in [4.69, 9.17) is 21.1 Å². The van der Waals surface area contributed by atoms with Gasteiger partial charge in [0.1, 0.15) is 5.75 Å². The smallest absolute Gasteiger partial charge is 0.427 e. The Morgan fingerprint density at radius 2 is 1.92 bits per heavy atom. The van der Waals surface area contributed by atoms with Crippen LogP contribution in [0.25, 0.3) is 0 Å². The molecule has 0 aromatic heterocycles. The Morgan fingerprint density at radius 1 is 1.20 bits per heavy atom. The van der Waals surface area contributed by atoms with Crippen LogP contribution in [0.15, 0.2) is 58.5 Å². The summed E-state index contributed by atoms with van der Waals surface area (Å²) < 4.78 is 10.4. The van der Waals surface area contributed by atoms with Crippen LogP contribution < -0.4 is 10.2 Å². The Morgan fingerprint density at radius 3 is 2.60 bits per heavy atom. The van der Waals surface area contributed by atoms with Crippen LogP contribution in [0.1, 0.15) is 12.5 Å². The molecule has 2 rings (SSSR count). The second-order valence-electron chi connectivity index (χ2n) is 4.81. The number of hydrogen-bond acceptors (Lipinski definition) is 5. The molecule has 0 spiro atoms. The van der Waals surface area contributed by atoms with E-state index in [1.807, 2.05) is 48.5 Å². The van der Waals surface area contributed by atoms with Gasteiger partial charge in [-0.15, -0.1) is 11.8 Å². The average molecular weight is 379 g/mol. The zero-order valence-corrected chi connectivity index (χ0v) is 15.3. The molecule has 0 bridgehead atoms. The van der Waals surface area contributed by atoms with Gasteiger partial charge in [-0.3, -0.25) is 0 Å². The van der Waals surface area contributed by atoms with Crippen molar-refractivity contribution in [2.24, 2.45) is 5.10 Å². The average Bonchev–Trinajstić information content (AvgIpc) is 2.62. The predicted molar refractivity (Wildman–Crippen MR) is 102 cm³/mol. The monoisotopic (exact) mass is 378 g/mol. The van der Waals surface area contributed by atoms with Gasteiger partial charge in [0, 0.05) is 15.7 Å². The van der Waals surface area contributed by atoms with Crippen LogP contribution in [0.4, 0.5) is 4.79 Å². The van der Waals surface area contributed by atoms with Gasteiger partial charge >= 0.3 is 6.09 Å². The summed E-state index contributed by atoms with van der Waals surface area (Å²) in [5.74, 6) is 1.63. The zero-order valence-electron chi connectivity index (χ0n) is 13.8. The molecular formula is C18H19ClN2O3S. The quantitative estimate of drug-likeness (QED) is 0.316. The van der Waals surface area contributed by atoms with Gasteiger partial charge in [0.2, 0.25) is 0 Å². The van der Waals surface area contributed by atoms with Crippen molar-refractivity contribution in [2.45, 2.75) is 11.8 Å². The van der Waals surface area contributed by atoms with Crippen LogP contribution in [-0.4, -0.2) is 31.3 Å². The van der Waals surface area contributed by atoms with Gasteiger partial charge < -0.3 is 9.47 Å². The van der Waals surface area contributed by atoms with Crippen molar-refractivity contribution < 1.29 is 14.3 Å². The highest BCUT2D eigenvalue weighted by Gasteiger charge is 1.98. The van der Waals surface area contributed by atoms with Gasteiger partial charge in [0.15, 0.2) is 0 Å². The number of hydrogen-bond donors (Lipinski definition) is 1. The molecule has 0 atom stereocenters. The standard InChI is InChI=1S/C18H19ClN2O3S/c1-2-23-18(22)21-20-13-14-3-7-16(8-4-14)24-11-12-25-17-9-5-15(19)6-10-17/h3-10,13H,2,11-12H2,1H3,(H,21,22). The van der Waals surface area contributed by atoms with E-state index in [-0.39, 0.29) is 0 Å². The minimum atomic E-state index is -0.572. The van der Waals surface area contributed by atoms with Gasteiger partial charge in [0.05, 0.1) is 19.4 Å². The number of carbonyl (C=O) groups excluding carboxylic acids is 1. The molecule has 1 amide bonds. The van der Waals surface area contributed by atoms with Gasteiger partial charge in [0.25, 0.3) is 0 Å². The number of benzene rings is 2. The van der Waals surface area contributed by atoms with Crippen LogP contribution in [0.2, 0.25) is 5.02 Å². The summed E-state index contributed by atoms with van der Waals surface area (Å²) in [6.07, 6.45) is 0.966. The normalized spacial score (nSPS) is 10.6. The number of halogens is 1. The van der Waals surface area contributed by atoms with E-state index in [2.05, 4.69) is 10.5 Å². The van der Waals surface area contributed by atoms with Crippen LogP contribution >= 0.6 is 23.4 Å². The summed E-state index contributed by atoms with van der Waals surface area (Å²) >= 11 is 7.57. The molecule has 0 saturated heterocycles. The zero-order chi connectivity index (χ0) is 17.9. The molecule has 25 heavy (non-hydrogen) atoms. The van der Waals surface area contributed by atoms with Gasteiger partial charge in [-0.05, 0) is 61.0 Å². The largest absolute Gasteiger partial charge is 0.493 e. The number of thioether (sulfide) groups is 1. The minimum absolute atomic E-state index is 0.309. The molecule has 0 radical (unpaired) electrons. The Labute approximate surface area is 156 Å². The Kier molecular flexibility index (Phi) is 8.15. The maximum atomic E-state index is 11.1. The molecule has 0 fully saturated rings. The highest BCUT2D eigenvalue weighted by Crippen LogP contribution is 2.20. The van der Waals surface area contributed by atoms with Crippen molar-refractivity contribution in [2.75, 3.05) is 19.0 Å². The first-order valence-electron chi connectivity index (χ1n) is 7.74. The molecular weight excluding hydrogens is 360 g/mol. The molecule has 2 aromatic carbocycles. The van der Waals surface area contributed by atoms with Gasteiger partial charge in [-0.25, -0.2) is 10.2 Å². The number of amides is 1. The summed E-state index contributed by atoms with van der Waals surface area (Å²) in [7, 11) is 0. The van der Waals surface area contributed by atoms with Crippen molar-refractivity contribution in [1.82, 2.24) is 5.43 Å². The van der Waals surface area contributed by atoms with E-state index < -0.39 is 6.09 Å². The van der Waals surface area contributed by atoms with E-state index in [1.54, 1.807) is 18.7 Å². The third-order valence-corrected chi connectivity index (χ3v) is 4.19. The first-order chi connectivity index (χ1) is 12.2. The molecule has 0 aliphatic heterocycles. The summed E-state index contributed by atoms with van der Waals surface area (Å²) in [5.41, 5.74) is 3.12. The van der Waals surface area contributed by atoms with Gasteiger partial charge in [-0.1, -0.05) is 11.6 Å². The van der Waals surface area contributed by atoms with Crippen molar-refractivity contribution in [3.8, 4) is 5.75 Å². The fourth-order valence-corrected chi connectivity index (χ4v) is 2.68. The van der Waals surface area contributed by atoms with Crippen LogP contribution in [0.3, 0.4) is 0 Å². The number of nitrogens with one attached hydrogen (secondary N) is 1. The lowest BCUT2D eigenvalue weighted by Crippen LogP contribution is -2.18. The molecule has 0 unspecified atom stereocenters. The predicted octanol–water partition coefficient (Wildman–Crippen LogP) is 4.59. The fourth-order valence-electron chi connectivity index (χ4n) is 1.82. The second kappa shape index (κ2) is 10.6. The summed E-state index contributed by atoms with van der Waals surface area (Å²) in [5, 5.41) is 4.54.